The van der Waals surface area contributed by atoms with E-state index in [1.54, 1.807) is 7.11 Å². The van der Waals surface area contributed by atoms with Crippen molar-refractivity contribution in [3.05, 3.63) is 29.8 Å². The molecule has 3 rings (SSSR count). The number of hydrogen-bond donors (Lipinski definition) is 1. The summed E-state index contributed by atoms with van der Waals surface area (Å²) in [6, 6.07) is 8.42. The van der Waals surface area contributed by atoms with E-state index in [1.165, 1.54) is 5.56 Å². The molecule has 2 saturated heterocycles. The summed E-state index contributed by atoms with van der Waals surface area (Å²) in [5.41, 5.74) is 1.23. The van der Waals surface area contributed by atoms with Gasteiger partial charge in [0.05, 0.1) is 13.2 Å². The predicted molar refractivity (Wildman–Crippen MR) is 86.9 cm³/mol. The maximum absolute atomic E-state index is 12.7. The molecule has 22 heavy (non-hydrogen) atoms. The van der Waals surface area contributed by atoms with Gasteiger partial charge in [0.15, 0.2) is 0 Å². The van der Waals surface area contributed by atoms with Crippen LogP contribution in [-0.2, 0) is 4.79 Å². The Bertz CT molecular complexity index is 494. The van der Waals surface area contributed by atoms with Crippen molar-refractivity contribution in [3.8, 4) is 5.75 Å². The molecule has 2 heterocycles. The van der Waals surface area contributed by atoms with Crippen LogP contribution in [0.4, 0.5) is 0 Å². The standard InChI is InChI=1S/C18H26N2O2/c1-22-16-6-4-15(5-7-16)17-3-2-12-20(17)18(21)13-14-8-10-19-11-9-14/h4-7,14,17,19H,2-3,8-13H2,1H3. The van der Waals surface area contributed by atoms with E-state index < -0.39 is 0 Å². The zero-order chi connectivity index (χ0) is 15.4. The summed E-state index contributed by atoms with van der Waals surface area (Å²) in [6.07, 6.45) is 5.16. The van der Waals surface area contributed by atoms with E-state index in [1.807, 2.05) is 12.1 Å². The lowest BCUT2D eigenvalue weighted by Crippen LogP contribution is -2.35. The number of rotatable bonds is 4. The maximum atomic E-state index is 12.7. The van der Waals surface area contributed by atoms with Crippen molar-refractivity contribution >= 4 is 5.91 Å². The number of nitrogens with one attached hydrogen (secondary N) is 1. The van der Waals surface area contributed by atoms with Crippen LogP contribution in [0.1, 0.15) is 43.7 Å². The van der Waals surface area contributed by atoms with Gasteiger partial charge in [-0.2, -0.15) is 0 Å². The van der Waals surface area contributed by atoms with Crippen LogP contribution in [0.3, 0.4) is 0 Å². The SMILES string of the molecule is COc1ccc(C2CCCN2C(=O)CC2CCNCC2)cc1. The molecule has 0 bridgehead atoms. The number of benzene rings is 1. The number of carbonyl (C=O) groups is 1. The highest BCUT2D eigenvalue weighted by molar-refractivity contribution is 5.77. The second-order valence-electron chi connectivity index (χ2n) is 6.42. The molecule has 0 saturated carbocycles. The Hall–Kier alpha value is -1.55. The minimum atomic E-state index is 0.250. The number of likely N-dealkylation sites (tertiary alicyclic amines) is 1. The summed E-state index contributed by atoms with van der Waals surface area (Å²) in [6.45, 7) is 3.01. The molecule has 1 N–H and O–H groups in total. The molecule has 4 heteroatoms. The van der Waals surface area contributed by atoms with Crippen molar-refractivity contribution in [2.45, 2.75) is 38.1 Å². The molecule has 1 aromatic rings. The molecule has 2 aliphatic rings. The summed E-state index contributed by atoms with van der Waals surface area (Å²) >= 11 is 0. The van der Waals surface area contributed by atoms with E-state index in [4.69, 9.17) is 4.74 Å². The quantitative estimate of drug-likeness (QED) is 0.930. The summed E-state index contributed by atoms with van der Waals surface area (Å²) < 4.78 is 5.22. The summed E-state index contributed by atoms with van der Waals surface area (Å²) in [7, 11) is 1.68. The van der Waals surface area contributed by atoms with Crippen LogP contribution in [0.5, 0.6) is 5.75 Å². The van der Waals surface area contributed by atoms with Crippen LogP contribution < -0.4 is 10.1 Å². The van der Waals surface area contributed by atoms with Gasteiger partial charge in [0, 0.05) is 13.0 Å². The molecule has 4 nitrogen and oxygen atoms in total. The normalized spacial score (nSPS) is 22.8. The van der Waals surface area contributed by atoms with Crippen molar-refractivity contribution in [1.82, 2.24) is 10.2 Å². The lowest BCUT2D eigenvalue weighted by atomic mass is 9.93. The number of amides is 1. The molecule has 1 atom stereocenters. The van der Waals surface area contributed by atoms with Crippen LogP contribution in [-0.4, -0.2) is 37.6 Å². The smallest absolute Gasteiger partial charge is 0.223 e. The van der Waals surface area contributed by atoms with Gasteiger partial charge in [0.1, 0.15) is 5.75 Å². The third kappa shape index (κ3) is 3.43. The minimum absolute atomic E-state index is 0.250. The Morgan fingerprint density at radius 3 is 2.64 bits per heavy atom. The number of ether oxygens (including phenoxy) is 1. The zero-order valence-electron chi connectivity index (χ0n) is 13.4. The van der Waals surface area contributed by atoms with E-state index >= 15 is 0 Å². The molecule has 2 aliphatic heterocycles. The molecule has 1 amide bonds. The molecular weight excluding hydrogens is 276 g/mol. The van der Waals surface area contributed by atoms with Gasteiger partial charge in [0.25, 0.3) is 0 Å². The number of carbonyl (C=O) groups excluding carboxylic acids is 1. The van der Waals surface area contributed by atoms with Crippen LogP contribution in [0.15, 0.2) is 24.3 Å². The minimum Gasteiger partial charge on any atom is -0.497 e. The molecule has 120 valence electrons. The van der Waals surface area contributed by atoms with Crippen molar-refractivity contribution in [3.63, 3.8) is 0 Å². The van der Waals surface area contributed by atoms with Crippen molar-refractivity contribution < 1.29 is 9.53 Å². The van der Waals surface area contributed by atoms with E-state index in [9.17, 15) is 4.79 Å². The lowest BCUT2D eigenvalue weighted by Gasteiger charge is -2.28. The molecule has 0 spiro atoms. The summed E-state index contributed by atoms with van der Waals surface area (Å²) in [5.74, 6) is 1.77. The van der Waals surface area contributed by atoms with Crippen molar-refractivity contribution in [1.29, 1.82) is 0 Å². The van der Waals surface area contributed by atoms with Gasteiger partial charge in [-0.25, -0.2) is 0 Å². The fourth-order valence-electron chi connectivity index (χ4n) is 3.69. The molecule has 1 aromatic carbocycles. The molecule has 0 aliphatic carbocycles. The number of hydrogen-bond acceptors (Lipinski definition) is 3. The van der Waals surface area contributed by atoms with Crippen molar-refractivity contribution in [2.75, 3.05) is 26.7 Å². The van der Waals surface area contributed by atoms with Gasteiger partial charge in [-0.1, -0.05) is 12.1 Å². The highest BCUT2D eigenvalue weighted by atomic mass is 16.5. The largest absolute Gasteiger partial charge is 0.497 e. The number of methoxy groups -OCH3 is 1. The fourth-order valence-corrected chi connectivity index (χ4v) is 3.69. The molecule has 2 fully saturated rings. The van der Waals surface area contributed by atoms with Crippen LogP contribution in [0.2, 0.25) is 0 Å². The second-order valence-corrected chi connectivity index (χ2v) is 6.42. The first-order chi connectivity index (χ1) is 10.8. The maximum Gasteiger partial charge on any atom is 0.223 e. The van der Waals surface area contributed by atoms with Gasteiger partial charge in [0.2, 0.25) is 5.91 Å². The Morgan fingerprint density at radius 1 is 1.23 bits per heavy atom. The molecule has 1 unspecified atom stereocenters. The highest BCUT2D eigenvalue weighted by Crippen LogP contribution is 2.34. The van der Waals surface area contributed by atoms with Gasteiger partial charge in [-0.3, -0.25) is 4.79 Å². The molecule has 0 aromatic heterocycles. The predicted octanol–water partition coefficient (Wildman–Crippen LogP) is 2.75. The Kier molecular flexibility index (Phi) is 4.98. The molecular formula is C18H26N2O2. The van der Waals surface area contributed by atoms with Crippen LogP contribution in [0, 0.1) is 5.92 Å². The number of piperidine rings is 1. The highest BCUT2D eigenvalue weighted by Gasteiger charge is 2.31. The summed E-state index contributed by atoms with van der Waals surface area (Å²) in [5, 5.41) is 3.37. The van der Waals surface area contributed by atoms with E-state index in [0.29, 0.717) is 18.2 Å². The first-order valence-electron chi connectivity index (χ1n) is 8.42. The van der Waals surface area contributed by atoms with Gasteiger partial charge < -0.3 is 15.0 Å². The third-order valence-electron chi connectivity index (χ3n) is 5.00. The van der Waals surface area contributed by atoms with E-state index in [2.05, 4.69) is 22.3 Å². The lowest BCUT2D eigenvalue weighted by molar-refractivity contribution is -0.133. The fraction of sp³-hybridized carbons (Fsp3) is 0.611. The van der Waals surface area contributed by atoms with E-state index in [-0.39, 0.29) is 6.04 Å². The first-order valence-corrected chi connectivity index (χ1v) is 8.42. The Labute approximate surface area is 132 Å². The zero-order valence-corrected chi connectivity index (χ0v) is 13.4. The van der Waals surface area contributed by atoms with Gasteiger partial charge in [-0.15, -0.1) is 0 Å². The monoisotopic (exact) mass is 302 g/mol. The average molecular weight is 302 g/mol. The summed E-state index contributed by atoms with van der Waals surface area (Å²) in [4.78, 5) is 14.8. The molecule has 0 radical (unpaired) electrons. The van der Waals surface area contributed by atoms with Gasteiger partial charge >= 0.3 is 0 Å². The Balaban J connectivity index is 1.64. The number of nitrogens with zero attached hydrogens (tertiary/aromatic N) is 1. The van der Waals surface area contributed by atoms with Crippen LogP contribution >= 0.6 is 0 Å². The van der Waals surface area contributed by atoms with Crippen molar-refractivity contribution in [2.24, 2.45) is 5.92 Å². The topological polar surface area (TPSA) is 41.6 Å². The average Bonchev–Trinajstić information content (AvgIpc) is 3.05. The second kappa shape index (κ2) is 7.14. The van der Waals surface area contributed by atoms with E-state index in [0.717, 1.165) is 51.1 Å². The first kappa shape index (κ1) is 15.3. The van der Waals surface area contributed by atoms with Crippen LogP contribution in [0.25, 0.3) is 0 Å². The third-order valence-corrected chi connectivity index (χ3v) is 5.00. The van der Waals surface area contributed by atoms with Gasteiger partial charge in [-0.05, 0) is 62.4 Å². The Morgan fingerprint density at radius 2 is 1.95 bits per heavy atom.